The minimum atomic E-state index is 0.0252. The largest absolute Gasteiger partial charge is 0.506 e. The lowest BCUT2D eigenvalue weighted by Gasteiger charge is -2.39. The van der Waals surface area contributed by atoms with E-state index in [-0.39, 0.29) is 17.2 Å². The molecule has 1 heterocycles. The molecule has 1 aromatic rings. The molecule has 5 heteroatoms. The Morgan fingerprint density at radius 3 is 2.57 bits per heavy atom. The fraction of sp³-hybridized carbons (Fsp3) is 0.611. The molecule has 1 saturated heterocycles. The number of hydrogen-bond acceptors (Lipinski definition) is 3. The molecular weight excluding hydrogens is 312 g/mol. The Morgan fingerprint density at radius 1 is 1.22 bits per heavy atom. The molecule has 1 aliphatic heterocycles. The van der Waals surface area contributed by atoms with Crippen LogP contribution in [0.5, 0.6) is 5.75 Å². The molecular formula is C18H25ClN2O2. The van der Waals surface area contributed by atoms with Crippen LogP contribution in [0.1, 0.15) is 44.1 Å². The van der Waals surface area contributed by atoms with Gasteiger partial charge in [-0.25, -0.2) is 0 Å². The number of carbonyl (C=O) groups is 1. The third-order valence-electron chi connectivity index (χ3n) is 5.30. The van der Waals surface area contributed by atoms with Gasteiger partial charge in [-0.2, -0.15) is 0 Å². The van der Waals surface area contributed by atoms with Crippen LogP contribution in [-0.2, 0) is 11.2 Å². The van der Waals surface area contributed by atoms with Gasteiger partial charge >= 0.3 is 0 Å². The fourth-order valence-electron chi connectivity index (χ4n) is 4.00. The second-order valence-electron chi connectivity index (χ2n) is 6.86. The van der Waals surface area contributed by atoms with Crippen molar-refractivity contribution in [1.29, 1.82) is 0 Å². The van der Waals surface area contributed by atoms with Crippen molar-refractivity contribution in [2.45, 2.75) is 50.5 Å². The summed E-state index contributed by atoms with van der Waals surface area (Å²) in [6, 6.07) is 4.93. The van der Waals surface area contributed by atoms with Crippen molar-refractivity contribution in [3.05, 3.63) is 28.8 Å². The zero-order chi connectivity index (χ0) is 16.3. The van der Waals surface area contributed by atoms with Crippen molar-refractivity contribution >= 4 is 17.5 Å². The molecule has 2 N–H and O–H groups in total. The van der Waals surface area contributed by atoms with Crippen LogP contribution < -0.4 is 5.32 Å². The number of phenols is 1. The molecule has 4 nitrogen and oxygen atoms in total. The fourth-order valence-corrected chi connectivity index (χ4v) is 4.20. The Bertz CT molecular complexity index is 564. The molecule has 23 heavy (non-hydrogen) atoms. The molecule has 1 aromatic carbocycles. The van der Waals surface area contributed by atoms with Gasteiger partial charge in [0.1, 0.15) is 5.75 Å². The summed E-state index contributed by atoms with van der Waals surface area (Å²) in [7, 11) is 0. The number of nitrogens with one attached hydrogen (secondary N) is 1. The number of likely N-dealkylation sites (tertiary alicyclic amines) is 1. The highest BCUT2D eigenvalue weighted by Crippen LogP contribution is 2.37. The summed E-state index contributed by atoms with van der Waals surface area (Å²) in [4.78, 5) is 14.9. The zero-order valence-corrected chi connectivity index (χ0v) is 14.2. The van der Waals surface area contributed by atoms with Crippen molar-refractivity contribution in [2.24, 2.45) is 0 Å². The molecule has 0 aromatic heterocycles. The molecule has 1 aliphatic carbocycles. The molecule has 1 saturated carbocycles. The Hall–Kier alpha value is -1.26. The number of aromatic hydroxyl groups is 1. The Morgan fingerprint density at radius 2 is 1.91 bits per heavy atom. The van der Waals surface area contributed by atoms with Crippen LogP contribution in [0.3, 0.4) is 0 Å². The van der Waals surface area contributed by atoms with Gasteiger partial charge in [0.15, 0.2) is 0 Å². The molecule has 0 spiro atoms. The van der Waals surface area contributed by atoms with E-state index in [1.54, 1.807) is 12.1 Å². The van der Waals surface area contributed by atoms with Crippen molar-refractivity contribution < 1.29 is 9.90 Å². The van der Waals surface area contributed by atoms with Crippen molar-refractivity contribution in [3.63, 3.8) is 0 Å². The van der Waals surface area contributed by atoms with Crippen LogP contribution in [0.15, 0.2) is 18.2 Å². The van der Waals surface area contributed by atoms with Gasteiger partial charge in [-0.3, -0.25) is 9.69 Å². The first-order chi connectivity index (χ1) is 11.1. The topological polar surface area (TPSA) is 52.6 Å². The molecule has 0 radical (unpaired) electrons. The predicted octanol–water partition coefficient (Wildman–Crippen LogP) is 3.11. The molecule has 3 rings (SSSR count). The second kappa shape index (κ2) is 7.10. The normalized spacial score (nSPS) is 20.7. The molecule has 0 bridgehead atoms. The van der Waals surface area contributed by atoms with E-state index < -0.39 is 0 Å². The summed E-state index contributed by atoms with van der Waals surface area (Å²) in [5.74, 6) is 0.0759. The minimum Gasteiger partial charge on any atom is -0.506 e. The maximum Gasteiger partial charge on any atom is 0.224 e. The lowest BCUT2D eigenvalue weighted by Crippen LogP contribution is -2.53. The summed E-state index contributed by atoms with van der Waals surface area (Å²) < 4.78 is 0. The highest BCUT2D eigenvalue weighted by atomic mass is 35.5. The summed E-state index contributed by atoms with van der Waals surface area (Å²) in [6.07, 6.45) is 7.77. The van der Waals surface area contributed by atoms with Crippen LogP contribution in [0.25, 0.3) is 0 Å². The number of amides is 1. The highest BCUT2D eigenvalue weighted by molar-refractivity contribution is 6.32. The van der Waals surface area contributed by atoms with E-state index >= 15 is 0 Å². The number of carbonyl (C=O) groups excluding carboxylic acids is 1. The van der Waals surface area contributed by atoms with Crippen LogP contribution in [-0.4, -0.2) is 41.1 Å². The summed E-state index contributed by atoms with van der Waals surface area (Å²) in [6.45, 7) is 3.09. The van der Waals surface area contributed by atoms with E-state index in [2.05, 4.69) is 10.2 Å². The van der Waals surface area contributed by atoms with E-state index in [1.165, 1.54) is 57.7 Å². The molecule has 0 atom stereocenters. The van der Waals surface area contributed by atoms with Crippen molar-refractivity contribution in [3.8, 4) is 5.75 Å². The maximum absolute atomic E-state index is 12.3. The molecule has 2 aliphatic rings. The second-order valence-corrected chi connectivity index (χ2v) is 7.27. The van der Waals surface area contributed by atoms with E-state index in [0.717, 1.165) is 12.1 Å². The van der Waals surface area contributed by atoms with Crippen molar-refractivity contribution in [1.82, 2.24) is 10.2 Å². The van der Waals surface area contributed by atoms with Crippen LogP contribution in [0, 0.1) is 0 Å². The quantitative estimate of drug-likeness (QED) is 0.868. The van der Waals surface area contributed by atoms with Gasteiger partial charge in [-0.05, 0) is 56.5 Å². The Balaban J connectivity index is 1.57. The standard InChI is InChI=1S/C18H25ClN2O2/c19-15-11-14(5-6-16(15)22)12-17(23)20-13-18(7-1-2-8-18)21-9-3-4-10-21/h5-6,11,22H,1-4,7-10,12-13H2,(H,20,23). The van der Waals surface area contributed by atoms with Crippen LogP contribution in [0.2, 0.25) is 5.02 Å². The molecule has 126 valence electrons. The SMILES string of the molecule is O=C(Cc1ccc(O)c(Cl)c1)NCC1(N2CCCC2)CCCC1. The van der Waals surface area contributed by atoms with E-state index in [0.29, 0.717) is 11.4 Å². The summed E-state index contributed by atoms with van der Waals surface area (Å²) in [5.41, 5.74) is 1.01. The van der Waals surface area contributed by atoms with Gasteiger partial charge in [0.25, 0.3) is 0 Å². The van der Waals surface area contributed by atoms with Gasteiger partial charge in [0.2, 0.25) is 5.91 Å². The smallest absolute Gasteiger partial charge is 0.224 e. The first-order valence-corrected chi connectivity index (χ1v) is 8.96. The Kier molecular flexibility index (Phi) is 5.12. The first-order valence-electron chi connectivity index (χ1n) is 8.58. The van der Waals surface area contributed by atoms with E-state index in [9.17, 15) is 9.90 Å². The van der Waals surface area contributed by atoms with Gasteiger partial charge in [0.05, 0.1) is 11.4 Å². The highest BCUT2D eigenvalue weighted by Gasteiger charge is 2.40. The van der Waals surface area contributed by atoms with Gasteiger partial charge in [0, 0.05) is 12.1 Å². The number of hydrogen-bond donors (Lipinski definition) is 2. The molecule has 2 fully saturated rings. The molecule has 0 unspecified atom stereocenters. The number of phenolic OH excluding ortho intramolecular Hbond substituents is 1. The minimum absolute atomic E-state index is 0.0252. The monoisotopic (exact) mass is 336 g/mol. The zero-order valence-electron chi connectivity index (χ0n) is 13.5. The third kappa shape index (κ3) is 3.81. The average molecular weight is 337 g/mol. The van der Waals surface area contributed by atoms with Crippen LogP contribution >= 0.6 is 11.6 Å². The third-order valence-corrected chi connectivity index (χ3v) is 5.61. The number of halogens is 1. The van der Waals surface area contributed by atoms with Gasteiger partial charge in [-0.1, -0.05) is 30.5 Å². The lowest BCUT2D eigenvalue weighted by molar-refractivity contribution is -0.121. The van der Waals surface area contributed by atoms with E-state index in [1.807, 2.05) is 0 Å². The average Bonchev–Trinajstić information content (AvgIpc) is 3.20. The van der Waals surface area contributed by atoms with Crippen LogP contribution in [0.4, 0.5) is 0 Å². The summed E-state index contributed by atoms with van der Waals surface area (Å²) >= 11 is 5.90. The van der Waals surface area contributed by atoms with E-state index in [4.69, 9.17) is 11.6 Å². The van der Waals surface area contributed by atoms with Gasteiger partial charge in [-0.15, -0.1) is 0 Å². The van der Waals surface area contributed by atoms with Gasteiger partial charge < -0.3 is 10.4 Å². The lowest BCUT2D eigenvalue weighted by atomic mass is 9.95. The Labute approximate surface area is 142 Å². The number of rotatable bonds is 5. The number of nitrogens with zero attached hydrogens (tertiary/aromatic N) is 1. The van der Waals surface area contributed by atoms with Crippen molar-refractivity contribution in [2.75, 3.05) is 19.6 Å². The first kappa shape index (κ1) is 16.6. The number of benzene rings is 1. The molecule has 1 amide bonds. The maximum atomic E-state index is 12.3. The summed E-state index contributed by atoms with van der Waals surface area (Å²) in [5, 5.41) is 12.9. The predicted molar refractivity (Wildman–Crippen MR) is 91.8 cm³/mol.